The average Bonchev–Trinajstić information content (AvgIpc) is 2.77. The second kappa shape index (κ2) is 6.38. The lowest BCUT2D eigenvalue weighted by Crippen LogP contribution is -2.22. The highest BCUT2D eigenvalue weighted by Crippen LogP contribution is 2.30. The third-order valence-electron chi connectivity index (χ3n) is 2.99. The maximum Gasteiger partial charge on any atom is 0.310 e. The van der Waals surface area contributed by atoms with E-state index in [0.717, 1.165) is 11.0 Å². The summed E-state index contributed by atoms with van der Waals surface area (Å²) in [6.07, 6.45) is 0. The molecular formula is C12H15BrClNO2. The summed E-state index contributed by atoms with van der Waals surface area (Å²) >= 11 is 3.45. The molecule has 0 aromatic heterocycles. The number of carbonyl (C=O) groups excluding carboxylic acids is 1. The van der Waals surface area contributed by atoms with Gasteiger partial charge in [0.2, 0.25) is 0 Å². The van der Waals surface area contributed by atoms with E-state index >= 15 is 0 Å². The van der Waals surface area contributed by atoms with E-state index < -0.39 is 0 Å². The van der Waals surface area contributed by atoms with Crippen LogP contribution in [0.1, 0.15) is 11.5 Å². The Morgan fingerprint density at radius 3 is 2.88 bits per heavy atom. The topological polar surface area (TPSA) is 38.3 Å². The van der Waals surface area contributed by atoms with Crippen LogP contribution in [0.5, 0.6) is 0 Å². The van der Waals surface area contributed by atoms with Crippen LogP contribution < -0.4 is 5.32 Å². The molecule has 1 aromatic rings. The van der Waals surface area contributed by atoms with Crippen molar-refractivity contribution in [1.82, 2.24) is 5.32 Å². The van der Waals surface area contributed by atoms with Gasteiger partial charge in [0, 0.05) is 23.5 Å². The molecule has 1 heterocycles. The van der Waals surface area contributed by atoms with Crippen molar-refractivity contribution in [3.8, 4) is 0 Å². The smallest absolute Gasteiger partial charge is 0.310 e. The maximum absolute atomic E-state index is 11.6. The summed E-state index contributed by atoms with van der Waals surface area (Å²) in [6, 6.07) is 8.09. The molecule has 1 saturated heterocycles. The van der Waals surface area contributed by atoms with Crippen LogP contribution >= 0.6 is 28.3 Å². The molecule has 5 heteroatoms. The van der Waals surface area contributed by atoms with Crippen LogP contribution in [0.15, 0.2) is 28.7 Å². The molecule has 0 bridgehead atoms. The molecule has 0 aliphatic carbocycles. The van der Waals surface area contributed by atoms with Gasteiger partial charge in [0.05, 0.1) is 13.0 Å². The first kappa shape index (κ1) is 14.5. The number of hydrogen-bond donors (Lipinski definition) is 1. The minimum atomic E-state index is -0.130. The van der Waals surface area contributed by atoms with E-state index in [1.165, 1.54) is 12.7 Å². The molecule has 0 unspecified atom stereocenters. The van der Waals surface area contributed by atoms with Gasteiger partial charge in [0.1, 0.15) is 0 Å². The second-order valence-corrected chi connectivity index (χ2v) is 4.87. The van der Waals surface area contributed by atoms with Crippen LogP contribution in [-0.4, -0.2) is 26.2 Å². The maximum atomic E-state index is 11.6. The van der Waals surface area contributed by atoms with Crippen LogP contribution in [0, 0.1) is 5.92 Å². The van der Waals surface area contributed by atoms with Crippen molar-refractivity contribution in [2.24, 2.45) is 5.92 Å². The molecule has 1 aliphatic heterocycles. The number of ether oxygens (including phenoxy) is 1. The SMILES string of the molecule is COC(=O)[C@@H]1CNC[C@H]1c1cccc(Br)c1.Cl. The van der Waals surface area contributed by atoms with Crippen LogP contribution in [-0.2, 0) is 9.53 Å². The number of hydrogen-bond acceptors (Lipinski definition) is 3. The van der Waals surface area contributed by atoms with Crippen molar-refractivity contribution in [3.05, 3.63) is 34.3 Å². The number of methoxy groups -OCH3 is 1. The molecule has 1 aliphatic rings. The Hall–Kier alpha value is -0.580. The van der Waals surface area contributed by atoms with E-state index in [4.69, 9.17) is 4.74 Å². The fraction of sp³-hybridized carbons (Fsp3) is 0.417. The molecule has 1 N–H and O–H groups in total. The van der Waals surface area contributed by atoms with Crippen molar-refractivity contribution < 1.29 is 9.53 Å². The summed E-state index contributed by atoms with van der Waals surface area (Å²) in [7, 11) is 1.44. The summed E-state index contributed by atoms with van der Waals surface area (Å²) in [5, 5.41) is 3.24. The quantitative estimate of drug-likeness (QED) is 0.850. The van der Waals surface area contributed by atoms with Crippen molar-refractivity contribution in [2.75, 3.05) is 20.2 Å². The average molecular weight is 321 g/mol. The summed E-state index contributed by atoms with van der Waals surface area (Å²) < 4.78 is 5.87. The third-order valence-corrected chi connectivity index (χ3v) is 3.49. The Kier molecular flexibility index (Phi) is 5.43. The van der Waals surface area contributed by atoms with Crippen molar-refractivity contribution in [3.63, 3.8) is 0 Å². The Morgan fingerprint density at radius 2 is 2.24 bits per heavy atom. The number of halogens is 2. The van der Waals surface area contributed by atoms with E-state index in [9.17, 15) is 4.79 Å². The van der Waals surface area contributed by atoms with Gasteiger partial charge < -0.3 is 10.1 Å². The zero-order chi connectivity index (χ0) is 11.5. The van der Waals surface area contributed by atoms with Gasteiger partial charge in [-0.05, 0) is 17.7 Å². The highest BCUT2D eigenvalue weighted by atomic mass is 79.9. The minimum absolute atomic E-state index is 0. The monoisotopic (exact) mass is 319 g/mol. The molecule has 0 spiro atoms. The summed E-state index contributed by atoms with van der Waals surface area (Å²) in [6.45, 7) is 1.53. The normalized spacial score (nSPS) is 22.9. The minimum Gasteiger partial charge on any atom is -0.469 e. The Labute approximate surface area is 115 Å². The third kappa shape index (κ3) is 3.21. The predicted molar refractivity (Wildman–Crippen MR) is 72.5 cm³/mol. The summed E-state index contributed by atoms with van der Waals surface area (Å²) in [5.74, 6) is 0.0132. The first-order valence-corrected chi connectivity index (χ1v) is 6.05. The molecule has 94 valence electrons. The lowest BCUT2D eigenvalue weighted by molar-refractivity contribution is -0.145. The van der Waals surface area contributed by atoms with Gasteiger partial charge in [-0.25, -0.2) is 0 Å². The van der Waals surface area contributed by atoms with E-state index in [1.54, 1.807) is 0 Å². The molecule has 2 rings (SSSR count). The zero-order valence-corrected chi connectivity index (χ0v) is 11.9. The number of rotatable bonds is 2. The van der Waals surface area contributed by atoms with Gasteiger partial charge in [-0.3, -0.25) is 4.79 Å². The van der Waals surface area contributed by atoms with Gasteiger partial charge in [-0.1, -0.05) is 28.1 Å². The van der Waals surface area contributed by atoms with Crippen molar-refractivity contribution in [1.29, 1.82) is 0 Å². The standard InChI is InChI=1S/C12H14BrNO2.ClH/c1-16-12(15)11-7-14-6-10(11)8-3-2-4-9(13)5-8;/h2-5,10-11,14H,6-7H2,1H3;1H/t10-,11+;/m0./s1. The van der Waals surface area contributed by atoms with Gasteiger partial charge >= 0.3 is 5.97 Å². The first-order chi connectivity index (χ1) is 7.72. The predicted octanol–water partition coefficient (Wildman–Crippen LogP) is 2.35. The highest BCUT2D eigenvalue weighted by Gasteiger charge is 2.34. The number of carbonyl (C=O) groups is 1. The second-order valence-electron chi connectivity index (χ2n) is 3.95. The van der Waals surface area contributed by atoms with Crippen LogP contribution in [0.4, 0.5) is 0 Å². The lowest BCUT2D eigenvalue weighted by atomic mass is 9.89. The molecular weight excluding hydrogens is 305 g/mol. The summed E-state index contributed by atoms with van der Waals surface area (Å²) in [4.78, 5) is 11.6. The highest BCUT2D eigenvalue weighted by molar-refractivity contribution is 9.10. The Balaban J connectivity index is 0.00000144. The van der Waals surface area contributed by atoms with Crippen molar-refractivity contribution in [2.45, 2.75) is 5.92 Å². The van der Waals surface area contributed by atoms with Gasteiger partial charge in [0.25, 0.3) is 0 Å². The van der Waals surface area contributed by atoms with Crippen LogP contribution in [0.25, 0.3) is 0 Å². The fourth-order valence-corrected chi connectivity index (χ4v) is 2.58. The molecule has 0 amide bonds. The van der Waals surface area contributed by atoms with Crippen LogP contribution in [0.3, 0.4) is 0 Å². The van der Waals surface area contributed by atoms with Crippen molar-refractivity contribution >= 4 is 34.3 Å². The lowest BCUT2D eigenvalue weighted by Gasteiger charge is -2.16. The van der Waals surface area contributed by atoms with E-state index in [1.807, 2.05) is 12.1 Å². The molecule has 1 fully saturated rings. The van der Waals surface area contributed by atoms with Gasteiger partial charge in [-0.15, -0.1) is 12.4 Å². The molecule has 2 atom stereocenters. The van der Waals surface area contributed by atoms with E-state index in [2.05, 4.69) is 33.4 Å². The van der Waals surface area contributed by atoms with E-state index in [0.29, 0.717) is 6.54 Å². The first-order valence-electron chi connectivity index (χ1n) is 5.26. The zero-order valence-electron chi connectivity index (χ0n) is 9.48. The number of benzene rings is 1. The molecule has 0 saturated carbocycles. The molecule has 0 radical (unpaired) electrons. The Morgan fingerprint density at radius 1 is 1.47 bits per heavy atom. The van der Waals surface area contributed by atoms with Crippen LogP contribution in [0.2, 0.25) is 0 Å². The molecule has 17 heavy (non-hydrogen) atoms. The summed E-state index contributed by atoms with van der Waals surface area (Å²) in [5.41, 5.74) is 1.18. The number of nitrogens with one attached hydrogen (secondary N) is 1. The number of esters is 1. The molecule has 1 aromatic carbocycles. The Bertz CT molecular complexity index is 400. The van der Waals surface area contributed by atoms with Gasteiger partial charge in [0.15, 0.2) is 0 Å². The fourth-order valence-electron chi connectivity index (χ4n) is 2.17. The van der Waals surface area contributed by atoms with Gasteiger partial charge in [-0.2, -0.15) is 0 Å². The van der Waals surface area contributed by atoms with E-state index in [-0.39, 0.29) is 30.2 Å². The molecule has 3 nitrogen and oxygen atoms in total. The largest absolute Gasteiger partial charge is 0.469 e.